The van der Waals surface area contributed by atoms with Crippen LogP contribution >= 0.6 is 0 Å². The SMILES string of the molecule is CCCC[C@H](NC(=O)[C@H](Cc1cccc2ccccc12)NC(=O)OC(C)(C)C)C(=O)NC(CC(C)C)C(O)CC(=O)N[C@H](CO)C(C)CC. The highest BCUT2D eigenvalue weighted by Gasteiger charge is 2.32. The molecule has 6 N–H and O–H groups in total. The Morgan fingerprint density at radius 2 is 1.49 bits per heavy atom. The minimum atomic E-state index is -1.20. The number of hydrogen-bond acceptors (Lipinski definition) is 7. The number of rotatable bonds is 19. The van der Waals surface area contributed by atoms with Gasteiger partial charge in [-0.3, -0.25) is 14.4 Å². The first-order chi connectivity index (χ1) is 23.1. The molecule has 2 rings (SSSR count). The largest absolute Gasteiger partial charge is 0.444 e. The molecule has 0 fully saturated rings. The van der Waals surface area contributed by atoms with Crippen molar-refractivity contribution in [1.82, 2.24) is 21.3 Å². The van der Waals surface area contributed by atoms with E-state index in [0.29, 0.717) is 19.3 Å². The molecule has 274 valence electrons. The molecule has 0 saturated heterocycles. The zero-order chi connectivity index (χ0) is 36.7. The van der Waals surface area contributed by atoms with Crippen LogP contribution < -0.4 is 21.3 Å². The van der Waals surface area contributed by atoms with E-state index >= 15 is 0 Å². The van der Waals surface area contributed by atoms with E-state index in [1.165, 1.54) is 0 Å². The van der Waals surface area contributed by atoms with Crippen LogP contribution in [0.2, 0.25) is 0 Å². The summed E-state index contributed by atoms with van der Waals surface area (Å²) >= 11 is 0. The number of amides is 4. The molecule has 0 saturated carbocycles. The second-order valence-electron chi connectivity index (χ2n) is 14.5. The normalized spacial score (nSPS) is 15.4. The number of carbonyl (C=O) groups excluding carboxylic acids is 4. The minimum absolute atomic E-state index is 0.0504. The smallest absolute Gasteiger partial charge is 0.408 e. The summed E-state index contributed by atoms with van der Waals surface area (Å²) in [6.07, 6.45) is 0.858. The van der Waals surface area contributed by atoms with Crippen LogP contribution in [0.3, 0.4) is 0 Å². The van der Waals surface area contributed by atoms with Gasteiger partial charge in [0.15, 0.2) is 0 Å². The lowest BCUT2D eigenvalue weighted by atomic mass is 9.95. The first-order valence-electron chi connectivity index (χ1n) is 17.7. The van der Waals surface area contributed by atoms with Gasteiger partial charge in [0, 0.05) is 6.42 Å². The topological polar surface area (TPSA) is 166 Å². The molecule has 6 atom stereocenters. The van der Waals surface area contributed by atoms with Gasteiger partial charge in [-0.1, -0.05) is 96.3 Å². The summed E-state index contributed by atoms with van der Waals surface area (Å²) in [5.41, 5.74) is 0.0591. The van der Waals surface area contributed by atoms with Crippen LogP contribution in [0.1, 0.15) is 99.5 Å². The number of aliphatic hydroxyl groups is 2. The van der Waals surface area contributed by atoms with E-state index in [1.54, 1.807) is 20.8 Å². The third kappa shape index (κ3) is 14.4. The Morgan fingerprint density at radius 1 is 0.837 bits per heavy atom. The standard InChI is InChI=1S/C38H60N4O7/c1-9-11-19-29(35(46)41-30(20-24(3)4)33(44)22-34(45)39-32(23-43)25(5)10-2)40-36(47)31(42-37(48)49-38(6,7)8)21-27-17-14-16-26-15-12-13-18-28(26)27/h12-18,24-25,29-33,43-44H,9-11,19-23H2,1-8H3,(H,39,45)(H,40,47)(H,41,46)(H,42,48)/t25?,29-,30?,31-,32+,33?/m0/s1. The van der Waals surface area contributed by atoms with Crippen molar-refractivity contribution in [2.45, 2.75) is 136 Å². The second kappa shape index (κ2) is 20.1. The third-order valence-electron chi connectivity index (χ3n) is 8.58. The Labute approximate surface area is 292 Å². The molecule has 0 aliphatic heterocycles. The molecule has 0 aromatic heterocycles. The summed E-state index contributed by atoms with van der Waals surface area (Å²) in [4.78, 5) is 53.5. The molecular formula is C38H60N4O7. The monoisotopic (exact) mass is 684 g/mol. The van der Waals surface area contributed by atoms with E-state index in [1.807, 2.05) is 77.1 Å². The van der Waals surface area contributed by atoms with E-state index in [0.717, 1.165) is 29.2 Å². The summed E-state index contributed by atoms with van der Waals surface area (Å²) in [6.45, 7) is 14.8. The van der Waals surface area contributed by atoms with Crippen LogP contribution in [-0.2, 0) is 25.5 Å². The van der Waals surface area contributed by atoms with Gasteiger partial charge in [-0.2, -0.15) is 0 Å². The number of alkyl carbamates (subject to hydrolysis) is 1. The van der Waals surface area contributed by atoms with Crippen LogP contribution in [0.4, 0.5) is 4.79 Å². The number of ether oxygens (including phenoxy) is 1. The Kier molecular flexibility index (Phi) is 17.0. The van der Waals surface area contributed by atoms with Gasteiger partial charge in [-0.15, -0.1) is 0 Å². The van der Waals surface area contributed by atoms with Crippen LogP contribution in [0.25, 0.3) is 10.8 Å². The van der Waals surface area contributed by atoms with Gasteiger partial charge in [-0.25, -0.2) is 4.79 Å². The number of unbranched alkanes of at least 4 members (excludes halogenated alkanes) is 1. The molecule has 0 aliphatic rings. The molecular weight excluding hydrogens is 624 g/mol. The highest BCUT2D eigenvalue weighted by atomic mass is 16.6. The molecule has 4 amide bonds. The van der Waals surface area contributed by atoms with E-state index in [9.17, 15) is 29.4 Å². The second-order valence-corrected chi connectivity index (χ2v) is 14.5. The lowest BCUT2D eigenvalue weighted by Crippen LogP contribution is -2.57. The van der Waals surface area contributed by atoms with Gasteiger partial charge in [0.05, 0.1) is 31.2 Å². The van der Waals surface area contributed by atoms with Crippen molar-refractivity contribution in [1.29, 1.82) is 0 Å². The molecule has 11 heteroatoms. The molecule has 0 spiro atoms. The third-order valence-corrected chi connectivity index (χ3v) is 8.58. The number of fused-ring (bicyclic) bond motifs is 1. The van der Waals surface area contributed by atoms with Crippen molar-refractivity contribution in [3.8, 4) is 0 Å². The van der Waals surface area contributed by atoms with Gasteiger partial charge in [0.25, 0.3) is 0 Å². The molecule has 2 aromatic carbocycles. The van der Waals surface area contributed by atoms with Crippen LogP contribution in [0, 0.1) is 11.8 Å². The molecule has 11 nitrogen and oxygen atoms in total. The van der Waals surface area contributed by atoms with Gasteiger partial charge in [0.2, 0.25) is 17.7 Å². The van der Waals surface area contributed by atoms with Crippen molar-refractivity contribution >= 4 is 34.6 Å². The number of carbonyl (C=O) groups is 4. The molecule has 49 heavy (non-hydrogen) atoms. The van der Waals surface area contributed by atoms with Crippen LogP contribution in [0.5, 0.6) is 0 Å². The van der Waals surface area contributed by atoms with E-state index in [2.05, 4.69) is 21.3 Å². The summed E-state index contributed by atoms with van der Waals surface area (Å²) in [5, 5.41) is 34.1. The Bertz CT molecular complexity index is 1350. The van der Waals surface area contributed by atoms with Crippen molar-refractivity contribution in [2.75, 3.05) is 6.61 Å². The van der Waals surface area contributed by atoms with Crippen molar-refractivity contribution in [3.05, 3.63) is 48.0 Å². The lowest BCUT2D eigenvalue weighted by Gasteiger charge is -2.30. The van der Waals surface area contributed by atoms with Crippen molar-refractivity contribution in [2.24, 2.45) is 11.8 Å². The first-order valence-corrected chi connectivity index (χ1v) is 17.7. The number of hydrogen-bond donors (Lipinski definition) is 6. The van der Waals surface area contributed by atoms with Crippen molar-refractivity contribution < 1.29 is 34.1 Å². The van der Waals surface area contributed by atoms with E-state index in [4.69, 9.17) is 4.74 Å². The van der Waals surface area contributed by atoms with Gasteiger partial charge in [-0.05, 0) is 61.8 Å². The highest BCUT2D eigenvalue weighted by Crippen LogP contribution is 2.21. The first kappa shape index (κ1) is 41.5. The predicted molar refractivity (Wildman–Crippen MR) is 193 cm³/mol. The van der Waals surface area contributed by atoms with Gasteiger partial charge >= 0.3 is 6.09 Å². The van der Waals surface area contributed by atoms with Gasteiger partial charge < -0.3 is 36.2 Å². The quantitative estimate of drug-likeness (QED) is 0.124. The zero-order valence-electron chi connectivity index (χ0n) is 30.7. The molecule has 0 aliphatic carbocycles. The molecule has 0 heterocycles. The molecule has 0 bridgehead atoms. The fourth-order valence-electron chi connectivity index (χ4n) is 5.65. The van der Waals surface area contributed by atoms with Crippen molar-refractivity contribution in [3.63, 3.8) is 0 Å². The average Bonchev–Trinajstić information content (AvgIpc) is 3.03. The number of aliphatic hydroxyl groups excluding tert-OH is 2. The molecule has 2 aromatic rings. The highest BCUT2D eigenvalue weighted by molar-refractivity contribution is 5.92. The van der Waals surface area contributed by atoms with Crippen LogP contribution in [0.15, 0.2) is 42.5 Å². The fourth-order valence-corrected chi connectivity index (χ4v) is 5.65. The number of benzene rings is 2. The predicted octanol–water partition coefficient (Wildman–Crippen LogP) is 4.76. The average molecular weight is 685 g/mol. The zero-order valence-corrected chi connectivity index (χ0v) is 30.7. The Balaban J connectivity index is 2.30. The maximum atomic E-state index is 13.9. The summed E-state index contributed by atoms with van der Waals surface area (Å²) < 4.78 is 5.48. The Hall–Kier alpha value is -3.70. The summed E-state index contributed by atoms with van der Waals surface area (Å²) in [6, 6.07) is 10.3. The lowest BCUT2D eigenvalue weighted by molar-refractivity contribution is -0.131. The van der Waals surface area contributed by atoms with E-state index in [-0.39, 0.29) is 31.3 Å². The maximum absolute atomic E-state index is 13.9. The van der Waals surface area contributed by atoms with E-state index < -0.39 is 59.7 Å². The number of nitrogens with one attached hydrogen (secondary N) is 4. The van der Waals surface area contributed by atoms with Gasteiger partial charge in [0.1, 0.15) is 17.7 Å². The molecule has 0 radical (unpaired) electrons. The minimum Gasteiger partial charge on any atom is -0.444 e. The summed E-state index contributed by atoms with van der Waals surface area (Å²) in [7, 11) is 0. The fraction of sp³-hybridized carbons (Fsp3) is 0.632. The molecule has 3 unspecified atom stereocenters. The summed E-state index contributed by atoms with van der Waals surface area (Å²) in [5.74, 6) is -1.32. The van der Waals surface area contributed by atoms with Crippen LogP contribution in [-0.4, -0.2) is 76.5 Å². The Morgan fingerprint density at radius 3 is 2.10 bits per heavy atom. The maximum Gasteiger partial charge on any atom is 0.408 e.